The van der Waals surface area contributed by atoms with Gasteiger partial charge in [0.2, 0.25) is 5.91 Å². The van der Waals surface area contributed by atoms with Crippen molar-refractivity contribution >= 4 is 24.2 Å². The number of halogens is 2. The van der Waals surface area contributed by atoms with Gasteiger partial charge in [-0.05, 0) is 29.3 Å². The number of hydrogen-bond donors (Lipinski definition) is 1. The van der Waals surface area contributed by atoms with Crippen LogP contribution in [0.2, 0.25) is 0 Å². The fourth-order valence-electron chi connectivity index (χ4n) is 3.04. The number of carbonyl (C=O) groups is 2. The van der Waals surface area contributed by atoms with Crippen LogP contribution in [-0.2, 0) is 17.8 Å². The van der Waals surface area contributed by atoms with Crippen molar-refractivity contribution in [1.82, 2.24) is 9.80 Å². The summed E-state index contributed by atoms with van der Waals surface area (Å²) in [4.78, 5) is 28.4. The van der Waals surface area contributed by atoms with Crippen LogP contribution < -0.4 is 5.73 Å². The molecule has 0 spiro atoms. The number of rotatable bonds is 4. The predicted octanol–water partition coefficient (Wildman–Crippen LogP) is 2.23. The number of hydrogen-bond acceptors (Lipinski definition) is 3. The van der Waals surface area contributed by atoms with Gasteiger partial charge in [-0.2, -0.15) is 0 Å². The normalized spacial score (nSPS) is 13.9. The van der Waals surface area contributed by atoms with Crippen LogP contribution in [0.25, 0.3) is 0 Å². The van der Waals surface area contributed by atoms with Gasteiger partial charge in [-0.3, -0.25) is 9.59 Å². The molecule has 1 heterocycles. The topological polar surface area (TPSA) is 66.6 Å². The minimum atomic E-state index is -0.365. The van der Waals surface area contributed by atoms with Gasteiger partial charge in [-0.1, -0.05) is 30.3 Å². The first-order valence-electron chi connectivity index (χ1n) is 8.68. The zero-order chi connectivity index (χ0) is 18.5. The van der Waals surface area contributed by atoms with Crippen molar-refractivity contribution in [2.24, 2.45) is 5.73 Å². The van der Waals surface area contributed by atoms with Crippen molar-refractivity contribution in [3.8, 4) is 0 Å². The lowest BCUT2D eigenvalue weighted by atomic mass is 10.1. The van der Waals surface area contributed by atoms with Gasteiger partial charge >= 0.3 is 0 Å². The van der Waals surface area contributed by atoms with Crippen molar-refractivity contribution in [2.45, 2.75) is 13.0 Å². The molecule has 2 amide bonds. The molecule has 2 N–H and O–H groups in total. The van der Waals surface area contributed by atoms with Crippen molar-refractivity contribution < 1.29 is 14.0 Å². The fraction of sp³-hybridized carbons (Fsp3) is 0.300. The first-order valence-corrected chi connectivity index (χ1v) is 8.68. The second-order valence-corrected chi connectivity index (χ2v) is 6.34. The van der Waals surface area contributed by atoms with Crippen LogP contribution in [0.5, 0.6) is 0 Å². The van der Waals surface area contributed by atoms with E-state index in [4.69, 9.17) is 5.73 Å². The van der Waals surface area contributed by atoms with Gasteiger partial charge in [0, 0.05) is 38.3 Å². The highest BCUT2D eigenvalue weighted by molar-refractivity contribution is 5.94. The van der Waals surface area contributed by atoms with E-state index in [9.17, 15) is 14.0 Å². The van der Waals surface area contributed by atoms with Crippen molar-refractivity contribution in [1.29, 1.82) is 0 Å². The molecular weight excluding hydrogens is 369 g/mol. The number of nitrogens with zero attached hydrogens (tertiary/aromatic N) is 2. The molecule has 2 aromatic rings. The largest absolute Gasteiger partial charge is 0.339 e. The Balaban J connectivity index is 0.00000261. The summed E-state index contributed by atoms with van der Waals surface area (Å²) in [6.45, 7) is 2.30. The average molecular weight is 392 g/mol. The second kappa shape index (κ2) is 9.48. The number of amides is 2. The van der Waals surface area contributed by atoms with E-state index in [0.29, 0.717) is 43.9 Å². The van der Waals surface area contributed by atoms with Crippen LogP contribution in [0.1, 0.15) is 21.5 Å². The molecule has 1 aliphatic rings. The Morgan fingerprint density at radius 2 is 1.52 bits per heavy atom. The summed E-state index contributed by atoms with van der Waals surface area (Å²) < 4.78 is 13.7. The molecule has 5 nitrogen and oxygen atoms in total. The molecule has 0 aromatic heterocycles. The molecule has 3 rings (SSSR count). The molecule has 144 valence electrons. The Hall–Kier alpha value is -2.44. The molecule has 0 saturated carbocycles. The van der Waals surface area contributed by atoms with Crippen molar-refractivity contribution in [3.05, 3.63) is 71.0 Å². The zero-order valence-electron chi connectivity index (χ0n) is 14.9. The minimum absolute atomic E-state index is 0. The number of carbonyl (C=O) groups excluding carboxylic acids is 2. The van der Waals surface area contributed by atoms with Crippen LogP contribution in [0.3, 0.4) is 0 Å². The maximum absolute atomic E-state index is 13.7. The first kappa shape index (κ1) is 20.9. The van der Waals surface area contributed by atoms with E-state index in [0.717, 1.165) is 5.56 Å². The maximum atomic E-state index is 13.7. The van der Waals surface area contributed by atoms with E-state index < -0.39 is 0 Å². The number of nitrogens with two attached hydrogens (primary N) is 1. The summed E-state index contributed by atoms with van der Waals surface area (Å²) >= 11 is 0. The van der Waals surface area contributed by atoms with Gasteiger partial charge in [0.15, 0.2) is 0 Å². The Morgan fingerprint density at radius 3 is 2.11 bits per heavy atom. The van der Waals surface area contributed by atoms with E-state index in [-0.39, 0.29) is 36.5 Å². The Labute approximate surface area is 164 Å². The Kier molecular flexibility index (Phi) is 7.33. The van der Waals surface area contributed by atoms with Crippen molar-refractivity contribution in [3.63, 3.8) is 0 Å². The smallest absolute Gasteiger partial charge is 0.253 e. The lowest BCUT2D eigenvalue weighted by molar-refractivity contribution is -0.132. The van der Waals surface area contributed by atoms with Crippen LogP contribution in [0, 0.1) is 5.82 Å². The lowest BCUT2D eigenvalue weighted by Crippen LogP contribution is -2.51. The summed E-state index contributed by atoms with van der Waals surface area (Å²) in [5.74, 6) is -0.528. The summed E-state index contributed by atoms with van der Waals surface area (Å²) in [5.41, 5.74) is 7.57. The zero-order valence-corrected chi connectivity index (χ0v) is 15.8. The van der Waals surface area contributed by atoms with Crippen molar-refractivity contribution in [2.75, 3.05) is 26.2 Å². The Morgan fingerprint density at radius 1 is 0.926 bits per heavy atom. The van der Waals surface area contributed by atoms with Crippen LogP contribution >= 0.6 is 12.4 Å². The number of benzene rings is 2. The SMILES string of the molecule is Cl.NCc1ccc(C(=O)N2CCN(C(=O)Cc3ccccc3F)CC2)cc1. The van der Waals surface area contributed by atoms with Gasteiger partial charge in [0.25, 0.3) is 5.91 Å². The highest BCUT2D eigenvalue weighted by Gasteiger charge is 2.25. The third kappa shape index (κ3) is 5.05. The van der Waals surface area contributed by atoms with E-state index in [1.54, 1.807) is 40.1 Å². The van der Waals surface area contributed by atoms with Crippen LogP contribution in [0.4, 0.5) is 4.39 Å². The molecule has 7 heteroatoms. The van der Waals surface area contributed by atoms with Crippen LogP contribution in [-0.4, -0.2) is 47.8 Å². The molecule has 0 unspecified atom stereocenters. The quantitative estimate of drug-likeness (QED) is 0.869. The van der Waals surface area contributed by atoms with E-state index in [2.05, 4.69) is 0 Å². The van der Waals surface area contributed by atoms with Gasteiger partial charge < -0.3 is 15.5 Å². The van der Waals surface area contributed by atoms with Gasteiger partial charge in [-0.25, -0.2) is 4.39 Å². The molecule has 0 atom stereocenters. The van der Waals surface area contributed by atoms with E-state index in [1.807, 2.05) is 12.1 Å². The lowest BCUT2D eigenvalue weighted by Gasteiger charge is -2.35. The van der Waals surface area contributed by atoms with Gasteiger partial charge in [0.05, 0.1) is 6.42 Å². The first-order chi connectivity index (χ1) is 12.6. The van der Waals surface area contributed by atoms with Gasteiger partial charge in [-0.15, -0.1) is 12.4 Å². The molecule has 1 saturated heterocycles. The standard InChI is InChI=1S/C20H22FN3O2.ClH/c21-18-4-2-1-3-17(18)13-19(25)23-9-11-24(12-10-23)20(26)16-7-5-15(14-22)6-8-16;/h1-8H,9-14,22H2;1H. The molecule has 0 aliphatic carbocycles. The molecule has 0 radical (unpaired) electrons. The Bertz CT molecular complexity index is 790. The summed E-state index contributed by atoms with van der Waals surface area (Å²) in [6, 6.07) is 13.6. The second-order valence-electron chi connectivity index (χ2n) is 6.34. The molecule has 1 fully saturated rings. The monoisotopic (exact) mass is 391 g/mol. The molecule has 1 aliphatic heterocycles. The summed E-state index contributed by atoms with van der Waals surface area (Å²) in [5, 5.41) is 0. The predicted molar refractivity (Wildman–Crippen MR) is 104 cm³/mol. The summed E-state index contributed by atoms with van der Waals surface area (Å²) in [6.07, 6.45) is 0.0428. The average Bonchev–Trinajstić information content (AvgIpc) is 2.69. The van der Waals surface area contributed by atoms with E-state index >= 15 is 0 Å². The highest BCUT2D eigenvalue weighted by Crippen LogP contribution is 2.13. The number of piperazine rings is 1. The van der Waals surface area contributed by atoms with Gasteiger partial charge in [0.1, 0.15) is 5.82 Å². The molecule has 0 bridgehead atoms. The maximum Gasteiger partial charge on any atom is 0.253 e. The third-order valence-corrected chi connectivity index (χ3v) is 4.66. The summed E-state index contributed by atoms with van der Waals surface area (Å²) in [7, 11) is 0. The highest BCUT2D eigenvalue weighted by atomic mass is 35.5. The minimum Gasteiger partial charge on any atom is -0.339 e. The molecule has 2 aromatic carbocycles. The van der Waals surface area contributed by atoms with E-state index in [1.165, 1.54) is 6.07 Å². The molecule has 27 heavy (non-hydrogen) atoms. The molecular formula is C20H23ClFN3O2. The fourth-order valence-corrected chi connectivity index (χ4v) is 3.04. The third-order valence-electron chi connectivity index (χ3n) is 4.66. The van der Waals surface area contributed by atoms with Crippen LogP contribution in [0.15, 0.2) is 48.5 Å².